The molecule has 0 aromatic heterocycles. The molecule has 0 heterocycles. The summed E-state index contributed by atoms with van der Waals surface area (Å²) in [7, 11) is -4.98. The van der Waals surface area contributed by atoms with Crippen molar-refractivity contribution < 1.29 is 40.8 Å². The monoisotopic (exact) mass is 300 g/mol. The molecule has 0 radical (unpaired) electrons. The van der Waals surface area contributed by atoms with E-state index in [1.165, 1.54) is 0 Å². The van der Waals surface area contributed by atoms with Gasteiger partial charge in [0.05, 0.1) is 12.3 Å². The zero-order valence-electron chi connectivity index (χ0n) is 9.18. The Morgan fingerprint density at radius 3 is 1.61 bits per heavy atom. The summed E-state index contributed by atoms with van der Waals surface area (Å²) in [5.74, 6) is -1.91. The summed E-state index contributed by atoms with van der Waals surface area (Å²) >= 11 is 0. The second kappa shape index (κ2) is 5.50. The molecule has 1 N–H and O–H groups in total. The number of alkyl halides is 6. The lowest BCUT2D eigenvalue weighted by atomic mass is 10.3. The third-order valence-corrected chi connectivity index (χ3v) is 5.64. The van der Waals surface area contributed by atoms with Crippen molar-refractivity contribution in [3.05, 3.63) is 0 Å². The predicted octanol–water partition coefficient (Wildman–Crippen LogP) is 3.34. The smallest absolute Gasteiger partial charge is 0.395 e. The Labute approximate surface area is 98.5 Å². The van der Waals surface area contributed by atoms with Gasteiger partial charge in [-0.2, -0.15) is 26.3 Å². The first-order valence-electron chi connectivity index (χ1n) is 4.75. The Hall–Kier alpha value is -0.720. The first kappa shape index (κ1) is 17.3. The molecular formula is C8H11F6O3P. The molecule has 1 unspecified atom stereocenters. The van der Waals surface area contributed by atoms with Gasteiger partial charge in [-0.1, -0.05) is 6.92 Å². The van der Waals surface area contributed by atoms with E-state index < -0.39 is 49.9 Å². The summed E-state index contributed by atoms with van der Waals surface area (Å²) in [6.07, 6.45) is -15.2. The van der Waals surface area contributed by atoms with Crippen LogP contribution in [0.1, 0.15) is 13.3 Å². The Morgan fingerprint density at radius 1 is 1.11 bits per heavy atom. The SMILES string of the molecule is CCC(C(=O)O)P(=O)(CC(F)(F)F)CC(F)(F)F. The van der Waals surface area contributed by atoms with Crippen LogP contribution in [0.5, 0.6) is 0 Å². The van der Waals surface area contributed by atoms with Gasteiger partial charge in [0.15, 0.2) is 0 Å². The summed E-state index contributed by atoms with van der Waals surface area (Å²) in [5, 5.41) is 8.60. The molecule has 0 amide bonds. The number of carbonyl (C=O) groups is 1. The average Bonchev–Trinajstić information content (AvgIpc) is 1.94. The molecule has 0 bridgehead atoms. The minimum absolute atomic E-state index is 0.557. The van der Waals surface area contributed by atoms with Gasteiger partial charge in [0.1, 0.15) is 12.8 Å². The molecule has 0 aromatic rings. The van der Waals surface area contributed by atoms with Crippen molar-refractivity contribution in [2.45, 2.75) is 31.4 Å². The van der Waals surface area contributed by atoms with E-state index in [0.29, 0.717) is 0 Å². The molecule has 0 aliphatic heterocycles. The molecule has 0 saturated heterocycles. The normalized spacial score (nSPS) is 15.5. The largest absolute Gasteiger partial charge is 0.481 e. The quantitative estimate of drug-likeness (QED) is 0.626. The minimum atomic E-state index is -5.11. The van der Waals surface area contributed by atoms with Crippen LogP contribution in [0.4, 0.5) is 26.3 Å². The van der Waals surface area contributed by atoms with Crippen molar-refractivity contribution in [3.63, 3.8) is 0 Å². The Morgan fingerprint density at radius 2 is 1.44 bits per heavy atom. The molecule has 0 aliphatic rings. The third kappa shape index (κ3) is 5.75. The van der Waals surface area contributed by atoms with Gasteiger partial charge < -0.3 is 9.67 Å². The van der Waals surface area contributed by atoms with E-state index in [0.717, 1.165) is 6.92 Å². The predicted molar refractivity (Wildman–Crippen MR) is 51.2 cm³/mol. The molecule has 0 saturated carbocycles. The van der Waals surface area contributed by atoms with E-state index in [2.05, 4.69) is 0 Å². The number of rotatable bonds is 5. The number of carboxylic acid groups (broad SMARTS) is 1. The fourth-order valence-corrected chi connectivity index (χ4v) is 4.43. The van der Waals surface area contributed by atoms with Crippen molar-refractivity contribution in [3.8, 4) is 0 Å². The fourth-order valence-electron chi connectivity index (χ4n) is 1.59. The molecular weight excluding hydrogens is 289 g/mol. The maximum Gasteiger partial charge on any atom is 0.395 e. The second-order valence-corrected chi connectivity index (χ2v) is 6.92. The van der Waals surface area contributed by atoms with Crippen molar-refractivity contribution in [1.82, 2.24) is 0 Å². The Bertz CT molecular complexity index is 328. The molecule has 108 valence electrons. The Balaban J connectivity index is 5.40. The highest BCUT2D eigenvalue weighted by Gasteiger charge is 2.51. The number of aliphatic carboxylic acids is 1. The molecule has 0 rings (SSSR count). The van der Waals surface area contributed by atoms with Gasteiger partial charge in [-0.05, 0) is 6.42 Å². The standard InChI is InChI=1S/C8H11F6O3P/c1-2-5(6(15)16)18(17,3-7(9,10)11)4-8(12,13)14/h5H,2-4H2,1H3,(H,15,16). The summed E-state index contributed by atoms with van der Waals surface area (Å²) < 4.78 is 84.7. The van der Waals surface area contributed by atoms with E-state index >= 15 is 0 Å². The van der Waals surface area contributed by atoms with E-state index in [4.69, 9.17) is 5.11 Å². The number of halogens is 6. The average molecular weight is 300 g/mol. The number of hydrogen-bond donors (Lipinski definition) is 1. The zero-order chi connectivity index (χ0) is 14.8. The summed E-state index contributed by atoms with van der Waals surface area (Å²) in [4.78, 5) is 10.6. The lowest BCUT2D eigenvalue weighted by Crippen LogP contribution is -2.31. The van der Waals surface area contributed by atoms with Crippen LogP contribution >= 0.6 is 7.14 Å². The lowest BCUT2D eigenvalue weighted by Gasteiger charge is -2.25. The molecule has 0 aliphatic carbocycles. The molecule has 18 heavy (non-hydrogen) atoms. The molecule has 3 nitrogen and oxygen atoms in total. The maximum absolute atomic E-state index is 12.2. The van der Waals surface area contributed by atoms with Crippen LogP contribution in [0.3, 0.4) is 0 Å². The first-order chi connectivity index (χ1) is 7.81. The van der Waals surface area contributed by atoms with Crippen LogP contribution in [0.2, 0.25) is 0 Å². The summed E-state index contributed by atoms with van der Waals surface area (Å²) in [6.45, 7) is 1.08. The van der Waals surface area contributed by atoms with Crippen molar-refractivity contribution in [1.29, 1.82) is 0 Å². The zero-order valence-corrected chi connectivity index (χ0v) is 10.1. The van der Waals surface area contributed by atoms with Gasteiger partial charge >= 0.3 is 18.3 Å². The van der Waals surface area contributed by atoms with Crippen LogP contribution in [-0.2, 0) is 9.36 Å². The van der Waals surface area contributed by atoms with Gasteiger partial charge in [-0.3, -0.25) is 4.79 Å². The molecule has 1 atom stereocenters. The van der Waals surface area contributed by atoms with E-state index in [1.54, 1.807) is 0 Å². The highest BCUT2D eigenvalue weighted by Crippen LogP contribution is 2.58. The number of carboxylic acids is 1. The minimum Gasteiger partial charge on any atom is -0.481 e. The fraction of sp³-hybridized carbons (Fsp3) is 0.875. The summed E-state index contributed by atoms with van der Waals surface area (Å²) in [6, 6.07) is 0. The van der Waals surface area contributed by atoms with Gasteiger partial charge in [0.25, 0.3) is 0 Å². The maximum atomic E-state index is 12.2. The van der Waals surface area contributed by atoms with Crippen LogP contribution in [0.25, 0.3) is 0 Å². The highest BCUT2D eigenvalue weighted by atomic mass is 31.2. The van der Waals surface area contributed by atoms with Gasteiger partial charge in [0, 0.05) is 0 Å². The highest BCUT2D eigenvalue weighted by molar-refractivity contribution is 7.65. The van der Waals surface area contributed by atoms with Crippen LogP contribution in [-0.4, -0.2) is 41.4 Å². The van der Waals surface area contributed by atoms with E-state index in [-0.39, 0.29) is 0 Å². The van der Waals surface area contributed by atoms with Gasteiger partial charge in [0.2, 0.25) is 0 Å². The third-order valence-electron chi connectivity index (χ3n) is 2.13. The summed E-state index contributed by atoms with van der Waals surface area (Å²) in [5.41, 5.74) is -2.14. The molecule has 0 spiro atoms. The topological polar surface area (TPSA) is 54.4 Å². The number of hydrogen-bond acceptors (Lipinski definition) is 2. The second-order valence-electron chi connectivity index (χ2n) is 3.76. The van der Waals surface area contributed by atoms with Gasteiger partial charge in [-0.25, -0.2) is 0 Å². The Kier molecular flexibility index (Phi) is 5.28. The molecule has 0 fully saturated rings. The van der Waals surface area contributed by atoms with Crippen LogP contribution in [0.15, 0.2) is 0 Å². The van der Waals surface area contributed by atoms with E-state index in [1.807, 2.05) is 0 Å². The van der Waals surface area contributed by atoms with Crippen molar-refractivity contribution in [2.24, 2.45) is 0 Å². The molecule has 10 heteroatoms. The van der Waals surface area contributed by atoms with Crippen molar-refractivity contribution in [2.75, 3.05) is 12.3 Å². The van der Waals surface area contributed by atoms with Crippen LogP contribution < -0.4 is 0 Å². The van der Waals surface area contributed by atoms with Crippen LogP contribution in [0, 0.1) is 0 Å². The van der Waals surface area contributed by atoms with E-state index in [9.17, 15) is 35.7 Å². The van der Waals surface area contributed by atoms with Crippen molar-refractivity contribution >= 4 is 13.1 Å². The first-order valence-corrected chi connectivity index (χ1v) is 6.89. The molecule has 0 aromatic carbocycles. The van der Waals surface area contributed by atoms with Gasteiger partial charge in [-0.15, -0.1) is 0 Å². The lowest BCUT2D eigenvalue weighted by molar-refractivity contribution is -0.136.